The molecule has 1 aliphatic rings. The first-order valence-corrected chi connectivity index (χ1v) is 13.5. The molecule has 2 atom stereocenters. The number of anilines is 2. The lowest BCUT2D eigenvalue weighted by Gasteiger charge is -2.31. The molecule has 0 bridgehead atoms. The molecule has 4 aromatic rings. The molecule has 2 amide bonds. The zero-order valence-corrected chi connectivity index (χ0v) is 23.7. The number of ether oxygens (including phenoxy) is 1. The van der Waals surface area contributed by atoms with Crippen LogP contribution in [0.25, 0.3) is 11.4 Å². The van der Waals surface area contributed by atoms with Crippen molar-refractivity contribution in [2.45, 2.75) is 39.4 Å². The third-order valence-corrected chi connectivity index (χ3v) is 6.96. The van der Waals surface area contributed by atoms with Crippen molar-refractivity contribution in [2.75, 3.05) is 16.8 Å². The number of hydrogen-bond donors (Lipinski definition) is 2. The Bertz CT molecular complexity index is 1520. The second-order valence-corrected chi connectivity index (χ2v) is 11.6. The van der Waals surface area contributed by atoms with Gasteiger partial charge in [0.2, 0.25) is 5.91 Å². The van der Waals surface area contributed by atoms with E-state index in [4.69, 9.17) is 27.9 Å². The quantitative estimate of drug-likeness (QED) is 0.287. The van der Waals surface area contributed by atoms with Gasteiger partial charge in [-0.05, 0) is 64.4 Å². The zero-order chi connectivity index (χ0) is 28.4. The van der Waals surface area contributed by atoms with Crippen molar-refractivity contribution in [3.8, 4) is 11.4 Å². The molecular formula is C29H28Cl2N6O3. The normalized spacial score (nSPS) is 17.3. The number of aromatic amines is 1. The van der Waals surface area contributed by atoms with E-state index in [1.165, 1.54) is 0 Å². The van der Waals surface area contributed by atoms with Gasteiger partial charge in [-0.1, -0.05) is 62.2 Å². The number of benzene rings is 3. The number of aromatic nitrogens is 4. The van der Waals surface area contributed by atoms with E-state index < -0.39 is 12.2 Å². The second-order valence-electron chi connectivity index (χ2n) is 10.8. The first-order valence-electron chi connectivity index (χ1n) is 12.7. The van der Waals surface area contributed by atoms with Crippen molar-refractivity contribution < 1.29 is 14.3 Å². The molecule has 206 valence electrons. The summed E-state index contributed by atoms with van der Waals surface area (Å²) in [6, 6.07) is 19.7. The van der Waals surface area contributed by atoms with Crippen LogP contribution in [0.2, 0.25) is 10.0 Å². The Labute approximate surface area is 241 Å². The van der Waals surface area contributed by atoms with E-state index in [0.717, 1.165) is 5.56 Å². The van der Waals surface area contributed by atoms with Gasteiger partial charge in [-0.3, -0.25) is 9.59 Å². The van der Waals surface area contributed by atoms with Gasteiger partial charge in [0.15, 0.2) is 5.82 Å². The number of nitrogens with zero attached hydrogens (tertiary/aromatic N) is 4. The number of fused-ring (bicyclic) bond motifs is 1. The average molecular weight is 579 g/mol. The topological polar surface area (TPSA) is 113 Å². The molecule has 2 heterocycles. The van der Waals surface area contributed by atoms with E-state index in [9.17, 15) is 9.59 Å². The Kier molecular flexibility index (Phi) is 7.89. The van der Waals surface area contributed by atoms with Crippen LogP contribution in [0.15, 0.2) is 66.7 Å². The molecule has 5 rings (SSSR count). The van der Waals surface area contributed by atoms with Crippen molar-refractivity contribution in [3.05, 3.63) is 87.9 Å². The van der Waals surface area contributed by atoms with Crippen molar-refractivity contribution in [1.29, 1.82) is 0 Å². The maximum absolute atomic E-state index is 14.0. The highest BCUT2D eigenvalue weighted by atomic mass is 35.5. The minimum absolute atomic E-state index is 0.198. The predicted octanol–water partition coefficient (Wildman–Crippen LogP) is 6.07. The minimum atomic E-state index is -1.07. The molecule has 0 saturated heterocycles. The number of nitrogens with one attached hydrogen (secondary N) is 2. The van der Waals surface area contributed by atoms with Crippen LogP contribution in [-0.4, -0.2) is 45.1 Å². The number of amides is 2. The van der Waals surface area contributed by atoms with Gasteiger partial charge in [0.05, 0.1) is 6.42 Å². The SMILES string of the molecule is CC(C)(C)CN1C(=O)C(CC(=O)Nc2ccc(-c3nnn[nH]3)cc2)OC(c2ccccc2Cl)c2cc(Cl)ccc21. The van der Waals surface area contributed by atoms with E-state index in [2.05, 4.69) is 25.9 Å². The van der Waals surface area contributed by atoms with E-state index >= 15 is 0 Å². The van der Waals surface area contributed by atoms with Crippen LogP contribution in [0.1, 0.15) is 44.4 Å². The molecule has 11 heteroatoms. The first kappa shape index (κ1) is 27.8. The Hall–Kier alpha value is -3.79. The van der Waals surface area contributed by atoms with Gasteiger partial charge in [-0.2, -0.15) is 0 Å². The van der Waals surface area contributed by atoms with Crippen LogP contribution in [-0.2, 0) is 14.3 Å². The standard InChI is InChI=1S/C29H28Cl2N6O3/c1-29(2,3)16-37-23-13-10-18(30)14-21(23)26(20-6-4-5-7-22(20)31)40-24(28(37)39)15-25(38)32-19-11-8-17(9-12-19)27-33-35-36-34-27/h4-14,24,26H,15-16H2,1-3H3,(H,32,38)(H,33,34,35,36). The summed E-state index contributed by atoms with van der Waals surface area (Å²) >= 11 is 13.0. The summed E-state index contributed by atoms with van der Waals surface area (Å²) < 4.78 is 6.47. The molecule has 2 unspecified atom stereocenters. The second kappa shape index (κ2) is 11.4. The number of tetrazole rings is 1. The summed E-state index contributed by atoms with van der Waals surface area (Å²) in [7, 11) is 0. The highest BCUT2D eigenvalue weighted by molar-refractivity contribution is 6.31. The van der Waals surface area contributed by atoms with Crippen molar-refractivity contribution in [1.82, 2.24) is 20.6 Å². The summed E-state index contributed by atoms with van der Waals surface area (Å²) in [6.07, 6.45) is -1.99. The van der Waals surface area contributed by atoms with E-state index in [0.29, 0.717) is 44.9 Å². The highest BCUT2D eigenvalue weighted by Crippen LogP contribution is 2.42. The fourth-order valence-electron chi connectivity index (χ4n) is 4.64. The lowest BCUT2D eigenvalue weighted by atomic mass is 9.94. The molecule has 0 aliphatic carbocycles. The van der Waals surface area contributed by atoms with Gasteiger partial charge < -0.3 is 15.0 Å². The molecule has 9 nitrogen and oxygen atoms in total. The monoisotopic (exact) mass is 578 g/mol. The first-order chi connectivity index (χ1) is 19.1. The Morgan fingerprint density at radius 3 is 2.48 bits per heavy atom. The Balaban J connectivity index is 1.46. The van der Waals surface area contributed by atoms with E-state index in [1.54, 1.807) is 47.4 Å². The number of rotatable bonds is 6. The Morgan fingerprint density at radius 2 is 1.80 bits per heavy atom. The van der Waals surface area contributed by atoms with Gasteiger partial charge in [0, 0.05) is 44.7 Å². The molecule has 3 aromatic carbocycles. The number of halogens is 2. The summed E-state index contributed by atoms with van der Waals surface area (Å²) in [5, 5.41) is 17.6. The largest absolute Gasteiger partial charge is 0.355 e. The lowest BCUT2D eigenvalue weighted by Crippen LogP contribution is -2.44. The number of hydrogen-bond acceptors (Lipinski definition) is 6. The summed E-state index contributed by atoms with van der Waals surface area (Å²) in [5.74, 6) is -0.166. The third kappa shape index (κ3) is 6.17. The number of H-pyrrole nitrogens is 1. The molecule has 0 fully saturated rings. The van der Waals surface area contributed by atoms with Crippen molar-refractivity contribution in [2.24, 2.45) is 5.41 Å². The van der Waals surface area contributed by atoms with Gasteiger partial charge >= 0.3 is 0 Å². The molecule has 1 aliphatic heterocycles. The maximum atomic E-state index is 14.0. The molecule has 1 aromatic heterocycles. The smallest absolute Gasteiger partial charge is 0.256 e. The van der Waals surface area contributed by atoms with Crippen LogP contribution >= 0.6 is 23.2 Å². The zero-order valence-electron chi connectivity index (χ0n) is 22.2. The lowest BCUT2D eigenvalue weighted by molar-refractivity contribution is -0.136. The van der Waals surface area contributed by atoms with Gasteiger partial charge in [0.1, 0.15) is 12.2 Å². The van der Waals surface area contributed by atoms with Crippen LogP contribution < -0.4 is 10.2 Å². The van der Waals surface area contributed by atoms with Gasteiger partial charge in [-0.15, -0.1) is 5.10 Å². The predicted molar refractivity (Wildman–Crippen MR) is 154 cm³/mol. The third-order valence-electron chi connectivity index (χ3n) is 6.38. The van der Waals surface area contributed by atoms with Gasteiger partial charge in [-0.25, -0.2) is 5.10 Å². The molecular weight excluding hydrogens is 551 g/mol. The Morgan fingerprint density at radius 1 is 1.05 bits per heavy atom. The fourth-order valence-corrected chi connectivity index (χ4v) is 5.06. The van der Waals surface area contributed by atoms with Crippen LogP contribution in [0, 0.1) is 5.41 Å². The molecule has 40 heavy (non-hydrogen) atoms. The minimum Gasteiger partial charge on any atom is -0.355 e. The van der Waals surface area contributed by atoms with Crippen molar-refractivity contribution in [3.63, 3.8) is 0 Å². The fraction of sp³-hybridized carbons (Fsp3) is 0.276. The molecule has 0 saturated carbocycles. The molecule has 0 spiro atoms. The summed E-state index contributed by atoms with van der Waals surface area (Å²) in [5.41, 5.74) is 3.16. The molecule has 0 radical (unpaired) electrons. The van der Waals surface area contributed by atoms with E-state index in [-0.39, 0.29) is 23.7 Å². The molecule has 2 N–H and O–H groups in total. The maximum Gasteiger partial charge on any atom is 0.256 e. The van der Waals surface area contributed by atoms with Crippen molar-refractivity contribution >= 4 is 46.4 Å². The van der Waals surface area contributed by atoms with Crippen LogP contribution in [0.4, 0.5) is 11.4 Å². The number of carbonyl (C=O) groups excluding carboxylic acids is 2. The summed E-state index contributed by atoms with van der Waals surface area (Å²) in [4.78, 5) is 29.0. The average Bonchev–Trinajstić information content (AvgIpc) is 3.42. The van der Waals surface area contributed by atoms with Crippen LogP contribution in [0.5, 0.6) is 0 Å². The van der Waals surface area contributed by atoms with E-state index in [1.807, 2.05) is 45.0 Å². The number of carbonyl (C=O) groups is 2. The van der Waals surface area contributed by atoms with Gasteiger partial charge in [0.25, 0.3) is 5.91 Å². The summed E-state index contributed by atoms with van der Waals surface area (Å²) in [6.45, 7) is 6.56. The van der Waals surface area contributed by atoms with Crippen LogP contribution in [0.3, 0.4) is 0 Å². The highest BCUT2D eigenvalue weighted by Gasteiger charge is 2.39.